The molecule has 1 saturated heterocycles. The van der Waals surface area contributed by atoms with Crippen molar-refractivity contribution in [1.82, 2.24) is 19.7 Å². The number of aromatic amines is 1. The van der Waals surface area contributed by atoms with Crippen LogP contribution in [-0.2, 0) is 4.79 Å². The van der Waals surface area contributed by atoms with Crippen molar-refractivity contribution in [2.24, 2.45) is 0 Å². The number of H-pyrrole nitrogens is 1. The molecular weight excluding hydrogens is 400 g/mol. The standard InChI is InChI=1S/C23H23ClN4O2/c1-16-2-9-20(10-3-16)28-22(25-26-23(28)30)18-12-14-27(15-13-18)21(29)11-6-17-4-7-19(24)8-5-17/h2-11,18H,12-15H2,1H3,(H,26,30)/b11-6+. The average molecular weight is 423 g/mol. The number of aromatic nitrogens is 3. The molecule has 4 rings (SSSR count). The number of piperidine rings is 1. The van der Waals surface area contributed by atoms with Crippen molar-refractivity contribution in [1.29, 1.82) is 0 Å². The fraction of sp³-hybridized carbons (Fsp3) is 0.261. The van der Waals surface area contributed by atoms with Gasteiger partial charge in [-0.25, -0.2) is 14.5 Å². The SMILES string of the molecule is Cc1ccc(-n2c(C3CCN(C(=O)/C=C/c4ccc(Cl)cc4)CC3)n[nH]c2=O)cc1. The Labute approximate surface area is 179 Å². The number of benzene rings is 2. The number of carbonyl (C=O) groups is 1. The molecule has 0 radical (unpaired) electrons. The molecule has 3 aromatic rings. The average Bonchev–Trinajstić information content (AvgIpc) is 3.15. The van der Waals surface area contributed by atoms with Gasteiger partial charge in [0.15, 0.2) is 0 Å². The lowest BCUT2D eigenvalue weighted by molar-refractivity contribution is -0.127. The van der Waals surface area contributed by atoms with E-state index in [1.54, 1.807) is 28.9 Å². The van der Waals surface area contributed by atoms with Crippen LogP contribution >= 0.6 is 11.6 Å². The van der Waals surface area contributed by atoms with Crippen LogP contribution in [0.5, 0.6) is 0 Å². The number of aryl methyl sites for hydroxylation is 1. The topological polar surface area (TPSA) is 71.0 Å². The number of carbonyl (C=O) groups excluding carboxylic acids is 1. The van der Waals surface area contributed by atoms with Gasteiger partial charge in [0, 0.05) is 30.1 Å². The number of rotatable bonds is 4. The third kappa shape index (κ3) is 4.39. The zero-order chi connectivity index (χ0) is 21.1. The molecule has 2 heterocycles. The van der Waals surface area contributed by atoms with E-state index in [0.29, 0.717) is 18.1 Å². The van der Waals surface area contributed by atoms with Crippen molar-refractivity contribution in [3.63, 3.8) is 0 Å². The Morgan fingerprint density at radius 3 is 2.43 bits per heavy atom. The van der Waals surface area contributed by atoms with Crippen molar-refractivity contribution in [3.05, 3.63) is 87.1 Å². The molecule has 1 N–H and O–H groups in total. The maximum atomic E-state index is 12.5. The second-order valence-corrected chi connectivity index (χ2v) is 7.98. The van der Waals surface area contributed by atoms with Crippen LogP contribution in [0.2, 0.25) is 5.02 Å². The van der Waals surface area contributed by atoms with E-state index in [1.165, 1.54) is 0 Å². The summed E-state index contributed by atoms with van der Waals surface area (Å²) in [6.07, 6.45) is 4.92. The highest BCUT2D eigenvalue weighted by Crippen LogP contribution is 2.27. The molecule has 1 amide bonds. The van der Waals surface area contributed by atoms with E-state index in [9.17, 15) is 9.59 Å². The van der Waals surface area contributed by atoms with Gasteiger partial charge >= 0.3 is 5.69 Å². The van der Waals surface area contributed by atoms with Crippen molar-refractivity contribution >= 4 is 23.6 Å². The van der Waals surface area contributed by atoms with Crippen LogP contribution in [-0.4, -0.2) is 38.7 Å². The molecule has 1 aliphatic rings. The number of nitrogens with zero attached hydrogens (tertiary/aromatic N) is 3. The maximum Gasteiger partial charge on any atom is 0.347 e. The molecule has 0 unspecified atom stereocenters. The molecule has 1 aromatic heterocycles. The summed E-state index contributed by atoms with van der Waals surface area (Å²) in [5, 5.41) is 7.54. The lowest BCUT2D eigenvalue weighted by Gasteiger charge is -2.30. The van der Waals surface area contributed by atoms with Gasteiger partial charge in [0.2, 0.25) is 5.91 Å². The highest BCUT2D eigenvalue weighted by atomic mass is 35.5. The number of hydrogen-bond acceptors (Lipinski definition) is 3. The van der Waals surface area contributed by atoms with Crippen LogP contribution in [0.15, 0.2) is 59.4 Å². The zero-order valence-corrected chi connectivity index (χ0v) is 17.5. The number of amides is 1. The molecule has 30 heavy (non-hydrogen) atoms. The molecule has 154 valence electrons. The summed E-state index contributed by atoms with van der Waals surface area (Å²) in [7, 11) is 0. The normalized spacial score (nSPS) is 15.1. The lowest BCUT2D eigenvalue weighted by Crippen LogP contribution is -2.37. The van der Waals surface area contributed by atoms with Gasteiger partial charge in [-0.15, -0.1) is 0 Å². The highest BCUT2D eigenvalue weighted by Gasteiger charge is 2.27. The third-order valence-electron chi connectivity index (χ3n) is 5.45. The van der Waals surface area contributed by atoms with Gasteiger partial charge in [-0.2, -0.15) is 5.10 Å². The van der Waals surface area contributed by atoms with E-state index in [0.717, 1.165) is 35.5 Å². The lowest BCUT2D eigenvalue weighted by atomic mass is 9.95. The first-order chi connectivity index (χ1) is 14.5. The smallest absolute Gasteiger partial charge is 0.339 e. The number of likely N-dealkylation sites (tertiary alicyclic amines) is 1. The molecule has 6 nitrogen and oxygen atoms in total. The van der Waals surface area contributed by atoms with E-state index >= 15 is 0 Å². The molecule has 1 fully saturated rings. The van der Waals surface area contributed by atoms with Crippen LogP contribution in [0, 0.1) is 6.92 Å². The monoisotopic (exact) mass is 422 g/mol. The Bertz CT molecular complexity index is 1110. The molecule has 0 aliphatic carbocycles. The second-order valence-electron chi connectivity index (χ2n) is 7.54. The van der Waals surface area contributed by atoms with Crippen molar-refractivity contribution < 1.29 is 4.79 Å². The van der Waals surface area contributed by atoms with Crippen LogP contribution < -0.4 is 5.69 Å². The second kappa shape index (κ2) is 8.71. The van der Waals surface area contributed by atoms with Crippen molar-refractivity contribution in [2.75, 3.05) is 13.1 Å². The fourth-order valence-electron chi connectivity index (χ4n) is 3.73. The van der Waals surface area contributed by atoms with E-state index in [2.05, 4.69) is 10.2 Å². The fourth-order valence-corrected chi connectivity index (χ4v) is 3.86. The molecule has 2 aromatic carbocycles. The van der Waals surface area contributed by atoms with Crippen LogP contribution in [0.1, 0.15) is 35.7 Å². The summed E-state index contributed by atoms with van der Waals surface area (Å²) in [6, 6.07) is 15.2. The van der Waals surface area contributed by atoms with E-state index in [4.69, 9.17) is 11.6 Å². The minimum atomic E-state index is -0.238. The Kier molecular flexibility index (Phi) is 5.86. The predicted octanol–water partition coefficient (Wildman–Crippen LogP) is 3.94. The van der Waals surface area contributed by atoms with Gasteiger partial charge in [0.25, 0.3) is 0 Å². The molecular formula is C23H23ClN4O2. The van der Waals surface area contributed by atoms with Crippen LogP contribution in [0.3, 0.4) is 0 Å². The van der Waals surface area contributed by atoms with Gasteiger partial charge < -0.3 is 4.90 Å². The molecule has 1 aliphatic heterocycles. The first kappa shape index (κ1) is 20.2. The summed E-state index contributed by atoms with van der Waals surface area (Å²) in [6.45, 7) is 3.27. The quantitative estimate of drug-likeness (QED) is 0.647. The number of nitrogens with one attached hydrogen (secondary N) is 1. The largest absolute Gasteiger partial charge is 0.347 e. The molecule has 7 heteroatoms. The molecule has 0 spiro atoms. The zero-order valence-electron chi connectivity index (χ0n) is 16.7. The van der Waals surface area contributed by atoms with E-state index in [-0.39, 0.29) is 17.5 Å². The summed E-state index contributed by atoms with van der Waals surface area (Å²) in [5.41, 5.74) is 2.63. The Morgan fingerprint density at radius 2 is 1.77 bits per heavy atom. The summed E-state index contributed by atoms with van der Waals surface area (Å²) in [4.78, 5) is 26.7. The molecule has 0 bridgehead atoms. The Morgan fingerprint density at radius 1 is 1.10 bits per heavy atom. The number of halogens is 1. The van der Waals surface area contributed by atoms with Gasteiger partial charge in [0.1, 0.15) is 5.82 Å². The Hall–Kier alpha value is -3.12. The van der Waals surface area contributed by atoms with E-state index < -0.39 is 0 Å². The minimum absolute atomic E-state index is 0.0126. The number of hydrogen-bond donors (Lipinski definition) is 1. The maximum absolute atomic E-state index is 12.5. The van der Waals surface area contributed by atoms with Gasteiger partial charge in [-0.05, 0) is 55.7 Å². The minimum Gasteiger partial charge on any atom is -0.339 e. The van der Waals surface area contributed by atoms with Gasteiger partial charge in [-0.1, -0.05) is 41.4 Å². The third-order valence-corrected chi connectivity index (χ3v) is 5.70. The van der Waals surface area contributed by atoms with Gasteiger partial charge in [0.05, 0.1) is 5.69 Å². The molecule has 0 saturated carbocycles. The first-order valence-corrected chi connectivity index (χ1v) is 10.4. The predicted molar refractivity (Wildman–Crippen MR) is 118 cm³/mol. The summed E-state index contributed by atoms with van der Waals surface area (Å²) in [5.74, 6) is 0.837. The highest BCUT2D eigenvalue weighted by molar-refractivity contribution is 6.30. The molecule has 0 atom stereocenters. The van der Waals surface area contributed by atoms with Crippen LogP contribution in [0.4, 0.5) is 0 Å². The summed E-state index contributed by atoms with van der Waals surface area (Å²) < 4.78 is 1.64. The van der Waals surface area contributed by atoms with Crippen molar-refractivity contribution in [3.8, 4) is 5.69 Å². The summed E-state index contributed by atoms with van der Waals surface area (Å²) >= 11 is 5.89. The Balaban J connectivity index is 1.43. The van der Waals surface area contributed by atoms with Crippen molar-refractivity contribution in [2.45, 2.75) is 25.7 Å². The van der Waals surface area contributed by atoms with Gasteiger partial charge in [-0.3, -0.25) is 4.79 Å². The first-order valence-electron chi connectivity index (χ1n) is 9.98. The van der Waals surface area contributed by atoms with E-state index in [1.807, 2.05) is 48.2 Å². The van der Waals surface area contributed by atoms with Crippen LogP contribution in [0.25, 0.3) is 11.8 Å².